The molecule has 0 aliphatic carbocycles. The van der Waals surface area contributed by atoms with E-state index < -0.39 is 0 Å². The number of nitrogens with one attached hydrogen (secondary N) is 1. The van der Waals surface area contributed by atoms with Crippen LogP contribution in [0.15, 0.2) is 30.7 Å². The molecule has 0 saturated carbocycles. The minimum atomic E-state index is 0.842. The average molecular weight is 158 g/mol. The highest BCUT2D eigenvalue weighted by molar-refractivity contribution is 5.70. The van der Waals surface area contributed by atoms with E-state index in [1.165, 1.54) is 6.33 Å². The molecule has 59 valence electrons. The van der Waals surface area contributed by atoms with Gasteiger partial charge in [-0.15, -0.1) is 0 Å². The summed E-state index contributed by atoms with van der Waals surface area (Å²) in [6.07, 6.45) is 10.3. The van der Waals surface area contributed by atoms with Crippen molar-refractivity contribution in [2.75, 3.05) is 6.54 Å². The van der Waals surface area contributed by atoms with Crippen LogP contribution in [0.25, 0.3) is 5.57 Å². The standard InChI is InChI=1S/C9H8N3/c1-2-8(6-10-4-1)9-3-5-11-7-12-9/h1-3,5,7,10H,4H2. The fourth-order valence-electron chi connectivity index (χ4n) is 1.02. The zero-order chi connectivity index (χ0) is 8.23. The van der Waals surface area contributed by atoms with Crippen molar-refractivity contribution in [1.82, 2.24) is 15.3 Å². The van der Waals surface area contributed by atoms with E-state index in [0.717, 1.165) is 17.8 Å². The predicted octanol–water partition coefficient (Wildman–Crippen LogP) is 0.780. The van der Waals surface area contributed by atoms with Gasteiger partial charge in [-0.2, -0.15) is 0 Å². The molecule has 1 aromatic rings. The zero-order valence-corrected chi connectivity index (χ0v) is 6.49. The van der Waals surface area contributed by atoms with Crippen molar-refractivity contribution in [3.8, 4) is 0 Å². The van der Waals surface area contributed by atoms with Crippen LogP contribution in [-0.2, 0) is 0 Å². The minimum absolute atomic E-state index is 0.842. The Morgan fingerprint density at radius 2 is 2.50 bits per heavy atom. The molecular formula is C9H8N3. The van der Waals surface area contributed by atoms with E-state index in [0.29, 0.717) is 0 Å². The quantitative estimate of drug-likeness (QED) is 0.656. The first-order valence-electron chi connectivity index (χ1n) is 3.75. The van der Waals surface area contributed by atoms with E-state index in [9.17, 15) is 0 Å². The molecule has 1 aliphatic rings. The van der Waals surface area contributed by atoms with Crippen molar-refractivity contribution in [3.05, 3.63) is 42.6 Å². The molecule has 3 nitrogen and oxygen atoms in total. The highest BCUT2D eigenvalue weighted by Gasteiger charge is 2.00. The Labute approximate surface area is 70.9 Å². The molecule has 0 fully saturated rings. The minimum Gasteiger partial charge on any atom is -0.379 e. The van der Waals surface area contributed by atoms with E-state index in [-0.39, 0.29) is 0 Å². The van der Waals surface area contributed by atoms with Crippen molar-refractivity contribution in [1.29, 1.82) is 0 Å². The summed E-state index contributed by atoms with van der Waals surface area (Å²) < 4.78 is 0. The molecule has 0 atom stereocenters. The van der Waals surface area contributed by atoms with Gasteiger partial charge in [0.15, 0.2) is 0 Å². The molecule has 2 rings (SSSR count). The summed E-state index contributed by atoms with van der Waals surface area (Å²) in [5, 5.41) is 3.00. The summed E-state index contributed by atoms with van der Waals surface area (Å²) in [6, 6.07) is 1.86. The fourth-order valence-corrected chi connectivity index (χ4v) is 1.02. The molecule has 12 heavy (non-hydrogen) atoms. The molecule has 0 unspecified atom stereocenters. The van der Waals surface area contributed by atoms with Crippen molar-refractivity contribution < 1.29 is 0 Å². The van der Waals surface area contributed by atoms with Crippen molar-refractivity contribution in [3.63, 3.8) is 0 Å². The van der Waals surface area contributed by atoms with Gasteiger partial charge in [0.05, 0.1) is 11.9 Å². The van der Waals surface area contributed by atoms with Gasteiger partial charge in [-0.1, -0.05) is 12.2 Å². The maximum Gasteiger partial charge on any atom is 0.116 e. The second-order valence-corrected chi connectivity index (χ2v) is 2.42. The first kappa shape index (κ1) is 7.03. The normalized spacial score (nSPS) is 15.2. The Kier molecular flexibility index (Phi) is 1.86. The van der Waals surface area contributed by atoms with Crippen LogP contribution in [0.2, 0.25) is 0 Å². The molecule has 1 aromatic heterocycles. The van der Waals surface area contributed by atoms with E-state index in [4.69, 9.17) is 0 Å². The van der Waals surface area contributed by atoms with Crippen LogP contribution in [0.5, 0.6) is 0 Å². The summed E-state index contributed by atoms with van der Waals surface area (Å²) in [6.45, 7) is 0.842. The van der Waals surface area contributed by atoms with Gasteiger partial charge < -0.3 is 5.32 Å². The Bertz CT molecular complexity index is 314. The number of aromatic nitrogens is 2. The lowest BCUT2D eigenvalue weighted by molar-refractivity contribution is 0.943. The summed E-state index contributed by atoms with van der Waals surface area (Å²) >= 11 is 0. The van der Waals surface area contributed by atoms with Gasteiger partial charge >= 0.3 is 0 Å². The lowest BCUT2D eigenvalue weighted by Crippen LogP contribution is -2.10. The van der Waals surface area contributed by atoms with Gasteiger partial charge in [0, 0.05) is 18.3 Å². The third kappa shape index (κ3) is 1.34. The highest BCUT2D eigenvalue weighted by Crippen LogP contribution is 2.11. The maximum atomic E-state index is 4.10. The second kappa shape index (κ2) is 3.17. The lowest BCUT2D eigenvalue weighted by Gasteiger charge is -2.05. The molecule has 0 spiro atoms. The number of allylic oxidation sites excluding steroid dienone is 2. The van der Waals surface area contributed by atoms with E-state index in [1.54, 1.807) is 6.20 Å². The molecule has 0 saturated heterocycles. The Hall–Kier alpha value is -1.64. The first-order chi connectivity index (χ1) is 5.97. The molecule has 1 aliphatic heterocycles. The summed E-state index contributed by atoms with van der Waals surface area (Å²) in [4.78, 5) is 7.94. The number of hydrogen-bond donors (Lipinski definition) is 1. The molecule has 0 aromatic carbocycles. The lowest BCUT2D eigenvalue weighted by atomic mass is 10.1. The van der Waals surface area contributed by atoms with Gasteiger partial charge in [0.1, 0.15) is 6.33 Å². The molecule has 2 heterocycles. The number of dihydropyridines is 1. The van der Waals surface area contributed by atoms with Gasteiger partial charge in [-0.05, 0) is 6.07 Å². The third-order valence-electron chi connectivity index (χ3n) is 1.59. The van der Waals surface area contributed by atoms with Crippen molar-refractivity contribution >= 4 is 5.57 Å². The molecular weight excluding hydrogens is 150 g/mol. The van der Waals surface area contributed by atoms with Gasteiger partial charge in [-0.3, -0.25) is 0 Å². The van der Waals surface area contributed by atoms with Crippen LogP contribution in [0, 0.1) is 6.20 Å². The largest absolute Gasteiger partial charge is 0.379 e. The average Bonchev–Trinajstić information content (AvgIpc) is 2.21. The Morgan fingerprint density at radius 3 is 3.17 bits per heavy atom. The second-order valence-electron chi connectivity index (χ2n) is 2.42. The summed E-state index contributed by atoms with van der Waals surface area (Å²) in [5.74, 6) is 0. The van der Waals surface area contributed by atoms with Crippen LogP contribution in [0.3, 0.4) is 0 Å². The number of hydrogen-bond acceptors (Lipinski definition) is 3. The number of rotatable bonds is 1. The Morgan fingerprint density at radius 1 is 1.50 bits per heavy atom. The maximum absolute atomic E-state index is 4.10. The smallest absolute Gasteiger partial charge is 0.116 e. The monoisotopic (exact) mass is 158 g/mol. The van der Waals surface area contributed by atoms with Crippen LogP contribution in [-0.4, -0.2) is 16.5 Å². The van der Waals surface area contributed by atoms with Gasteiger partial charge in [0.25, 0.3) is 0 Å². The SMILES string of the molecule is [C]1=C(c2ccncn2)C=CCN1. The van der Waals surface area contributed by atoms with E-state index in [1.807, 2.05) is 18.2 Å². The van der Waals surface area contributed by atoms with E-state index in [2.05, 4.69) is 21.5 Å². The fraction of sp³-hybridized carbons (Fsp3) is 0.111. The van der Waals surface area contributed by atoms with Gasteiger partial charge in [0.2, 0.25) is 0 Å². The topological polar surface area (TPSA) is 37.8 Å². The highest BCUT2D eigenvalue weighted by atomic mass is 14.8. The molecule has 3 heteroatoms. The van der Waals surface area contributed by atoms with Crippen LogP contribution >= 0.6 is 0 Å². The zero-order valence-electron chi connectivity index (χ0n) is 6.49. The van der Waals surface area contributed by atoms with Gasteiger partial charge in [-0.25, -0.2) is 9.97 Å². The Balaban J connectivity index is 2.31. The summed E-state index contributed by atoms with van der Waals surface area (Å²) in [7, 11) is 0. The predicted molar refractivity (Wildman–Crippen MR) is 45.8 cm³/mol. The first-order valence-corrected chi connectivity index (χ1v) is 3.75. The molecule has 1 N–H and O–H groups in total. The molecule has 0 amide bonds. The van der Waals surface area contributed by atoms with Crippen LogP contribution in [0.4, 0.5) is 0 Å². The summed E-state index contributed by atoms with van der Waals surface area (Å²) in [5.41, 5.74) is 1.87. The van der Waals surface area contributed by atoms with Crippen LogP contribution < -0.4 is 5.32 Å². The van der Waals surface area contributed by atoms with Crippen molar-refractivity contribution in [2.24, 2.45) is 0 Å². The van der Waals surface area contributed by atoms with Crippen molar-refractivity contribution in [2.45, 2.75) is 0 Å². The molecule has 1 radical (unpaired) electrons. The third-order valence-corrected chi connectivity index (χ3v) is 1.59. The van der Waals surface area contributed by atoms with Crippen LogP contribution in [0.1, 0.15) is 5.69 Å². The number of nitrogens with zero attached hydrogens (tertiary/aromatic N) is 2. The molecule has 0 bridgehead atoms. The van der Waals surface area contributed by atoms with E-state index >= 15 is 0 Å².